The van der Waals surface area contributed by atoms with Crippen LogP contribution in [0, 0.1) is 6.92 Å². The van der Waals surface area contributed by atoms with Gasteiger partial charge in [0.2, 0.25) is 0 Å². The summed E-state index contributed by atoms with van der Waals surface area (Å²) >= 11 is 1.37. The fraction of sp³-hybridized carbons (Fsp3) is 0.227. The molecule has 256 valence electrons. The number of amidine groups is 1. The number of aryl methyl sites for hydroxylation is 1. The summed E-state index contributed by atoms with van der Waals surface area (Å²) < 4.78 is 12.1. The van der Waals surface area contributed by atoms with Gasteiger partial charge in [-0.3, -0.25) is 4.79 Å². The minimum Gasteiger partial charge on any atom is -0.490 e. The van der Waals surface area contributed by atoms with E-state index in [4.69, 9.17) is 14.5 Å². The number of aliphatic imine (C=N–C) groups is 1. The largest absolute Gasteiger partial charge is 0.490 e. The molecule has 0 unspecified atom stereocenters. The zero-order valence-corrected chi connectivity index (χ0v) is 29.8. The van der Waals surface area contributed by atoms with Gasteiger partial charge in [0.15, 0.2) is 16.7 Å². The van der Waals surface area contributed by atoms with Crippen LogP contribution in [0.3, 0.4) is 0 Å². The fourth-order valence-electron chi connectivity index (χ4n) is 7.50. The Morgan fingerprint density at radius 1 is 0.804 bits per heavy atom. The monoisotopic (exact) mass is 691 g/mol. The van der Waals surface area contributed by atoms with Crippen LogP contribution in [0.1, 0.15) is 70.5 Å². The Bertz CT molecular complexity index is 2040. The lowest BCUT2D eigenvalue weighted by Gasteiger charge is -2.43. The van der Waals surface area contributed by atoms with Crippen molar-refractivity contribution in [3.63, 3.8) is 0 Å². The van der Waals surface area contributed by atoms with E-state index in [0.717, 1.165) is 42.7 Å². The molecular weight excluding hydrogens is 651 g/mol. The molecule has 1 fully saturated rings. The quantitative estimate of drug-likeness (QED) is 0.156. The van der Waals surface area contributed by atoms with Crippen molar-refractivity contribution in [2.24, 2.45) is 4.99 Å². The van der Waals surface area contributed by atoms with Crippen LogP contribution < -0.4 is 19.7 Å². The molecule has 1 amide bonds. The first-order valence-corrected chi connectivity index (χ1v) is 18.6. The molecule has 0 bridgehead atoms. The van der Waals surface area contributed by atoms with E-state index >= 15 is 0 Å². The smallest absolute Gasteiger partial charge is 0.264 e. The number of hydrogen-bond acceptors (Lipinski definition) is 6. The van der Waals surface area contributed by atoms with Crippen LogP contribution >= 0.6 is 11.8 Å². The van der Waals surface area contributed by atoms with Gasteiger partial charge in [0.25, 0.3) is 5.91 Å². The van der Waals surface area contributed by atoms with E-state index in [1.54, 1.807) is 0 Å². The van der Waals surface area contributed by atoms with Gasteiger partial charge < -0.3 is 19.7 Å². The van der Waals surface area contributed by atoms with E-state index in [9.17, 15) is 4.79 Å². The van der Waals surface area contributed by atoms with Crippen LogP contribution in [-0.2, 0) is 11.4 Å². The molecule has 2 atom stereocenters. The maximum absolute atomic E-state index is 13.3. The Morgan fingerprint density at radius 2 is 1.45 bits per heavy atom. The van der Waals surface area contributed by atoms with Crippen molar-refractivity contribution < 1.29 is 14.3 Å². The van der Waals surface area contributed by atoms with Crippen molar-refractivity contribution in [2.45, 2.75) is 45.1 Å². The Balaban J connectivity index is 1.10. The summed E-state index contributed by atoms with van der Waals surface area (Å²) in [6.45, 7) is 7.06. The van der Waals surface area contributed by atoms with Crippen LogP contribution in [0.15, 0.2) is 125 Å². The summed E-state index contributed by atoms with van der Waals surface area (Å²) in [5.41, 5.74) is 10.7. The van der Waals surface area contributed by atoms with E-state index < -0.39 is 0 Å². The third-order valence-corrected chi connectivity index (χ3v) is 10.9. The highest BCUT2D eigenvalue weighted by Gasteiger charge is 2.35. The van der Waals surface area contributed by atoms with Gasteiger partial charge in [0.05, 0.1) is 17.2 Å². The molecule has 3 aliphatic heterocycles. The highest BCUT2D eigenvalue weighted by Crippen LogP contribution is 2.50. The van der Waals surface area contributed by atoms with Gasteiger partial charge in [-0.2, -0.15) is 0 Å². The lowest BCUT2D eigenvalue weighted by atomic mass is 9.76. The van der Waals surface area contributed by atoms with Crippen molar-refractivity contribution in [1.29, 1.82) is 0 Å². The van der Waals surface area contributed by atoms with Gasteiger partial charge >= 0.3 is 0 Å². The zero-order valence-electron chi connectivity index (χ0n) is 29.0. The number of carbonyl (C=O) groups excluding carboxylic acids is 1. The molecular formula is C44H41N3O3S. The maximum Gasteiger partial charge on any atom is 0.264 e. The van der Waals surface area contributed by atoms with Gasteiger partial charge in [-0.1, -0.05) is 96.6 Å². The molecule has 1 saturated heterocycles. The van der Waals surface area contributed by atoms with Gasteiger partial charge in [-0.15, -0.1) is 0 Å². The summed E-state index contributed by atoms with van der Waals surface area (Å²) in [5, 5.41) is 3.61. The van der Waals surface area contributed by atoms with Crippen LogP contribution in [-0.4, -0.2) is 30.8 Å². The summed E-state index contributed by atoms with van der Waals surface area (Å²) in [4.78, 5) is 21.5. The molecule has 8 rings (SSSR count). The first kappa shape index (κ1) is 32.9. The molecule has 1 N–H and O–H groups in total. The molecule has 0 spiro atoms. The summed E-state index contributed by atoms with van der Waals surface area (Å²) in [5.74, 6) is 1.73. The third-order valence-electron chi connectivity index (χ3n) is 9.96. The summed E-state index contributed by atoms with van der Waals surface area (Å²) in [6, 6.07) is 40.3. The summed E-state index contributed by atoms with van der Waals surface area (Å²) in [6.07, 6.45) is 4.01. The van der Waals surface area contributed by atoms with Gasteiger partial charge in [0.1, 0.15) is 6.61 Å². The normalized spacial score (nSPS) is 19.6. The van der Waals surface area contributed by atoms with Crippen LogP contribution in [0.4, 0.5) is 11.4 Å². The molecule has 6 nitrogen and oxygen atoms in total. The zero-order chi connectivity index (χ0) is 34.7. The van der Waals surface area contributed by atoms with Crippen LogP contribution in [0.5, 0.6) is 11.5 Å². The van der Waals surface area contributed by atoms with Crippen molar-refractivity contribution in [3.8, 4) is 11.5 Å². The first-order chi connectivity index (χ1) is 25.0. The molecule has 51 heavy (non-hydrogen) atoms. The lowest BCUT2D eigenvalue weighted by Crippen LogP contribution is -2.37. The van der Waals surface area contributed by atoms with Gasteiger partial charge in [-0.05, 0) is 102 Å². The molecule has 3 heterocycles. The number of thioether (sulfide) groups is 1. The van der Waals surface area contributed by atoms with Crippen molar-refractivity contribution in [1.82, 2.24) is 5.32 Å². The van der Waals surface area contributed by atoms with E-state index in [1.165, 1.54) is 45.3 Å². The number of carbonyl (C=O) groups is 1. The topological polar surface area (TPSA) is 63.2 Å². The highest BCUT2D eigenvalue weighted by molar-refractivity contribution is 8.18. The van der Waals surface area contributed by atoms with Crippen LogP contribution in [0.2, 0.25) is 0 Å². The van der Waals surface area contributed by atoms with Crippen LogP contribution in [0.25, 0.3) is 6.08 Å². The first-order valence-electron chi connectivity index (χ1n) is 17.8. The number of ether oxygens (including phenoxy) is 2. The van der Waals surface area contributed by atoms with Crippen molar-refractivity contribution in [2.75, 3.05) is 24.6 Å². The van der Waals surface area contributed by atoms with Crippen molar-refractivity contribution in [3.05, 3.63) is 159 Å². The maximum atomic E-state index is 13.3. The Hall–Kier alpha value is -5.27. The van der Waals surface area contributed by atoms with E-state index in [-0.39, 0.29) is 17.7 Å². The number of nitrogens with zero attached hydrogens (tertiary/aromatic N) is 2. The Kier molecular flexibility index (Phi) is 9.37. The van der Waals surface area contributed by atoms with Gasteiger partial charge in [-0.25, -0.2) is 4.99 Å². The molecule has 5 aromatic carbocycles. The fourth-order valence-corrected chi connectivity index (χ4v) is 8.34. The molecule has 0 aromatic heterocycles. The van der Waals surface area contributed by atoms with E-state index in [0.29, 0.717) is 34.8 Å². The Morgan fingerprint density at radius 3 is 2.08 bits per heavy atom. The third kappa shape index (κ3) is 7.04. The molecule has 3 aliphatic rings. The predicted octanol–water partition coefficient (Wildman–Crippen LogP) is 9.74. The number of nitrogens with one attached hydrogen (secondary N) is 1. The van der Waals surface area contributed by atoms with Crippen molar-refractivity contribution >= 4 is 40.3 Å². The molecule has 0 saturated carbocycles. The Labute approximate surface area is 304 Å². The number of amides is 1. The SMILES string of the molecule is CCOc1cc(/C=C2\SC(=Nc3cc4c5c(c3)[C@H](c3ccccc3)CCN5CC[C@H]4c3ccccc3)NC2=O)ccc1OCc1ccc(C)cc1. The van der Waals surface area contributed by atoms with E-state index in [2.05, 4.69) is 114 Å². The lowest BCUT2D eigenvalue weighted by molar-refractivity contribution is -0.115. The summed E-state index contributed by atoms with van der Waals surface area (Å²) in [7, 11) is 0. The second-order valence-corrected chi connectivity index (χ2v) is 14.4. The van der Waals surface area contributed by atoms with Gasteiger partial charge in [0, 0.05) is 30.6 Å². The average molecular weight is 692 g/mol. The second-order valence-electron chi connectivity index (χ2n) is 13.4. The number of benzene rings is 5. The predicted molar refractivity (Wildman–Crippen MR) is 208 cm³/mol. The molecule has 5 aromatic rings. The molecule has 0 aliphatic carbocycles. The minimum atomic E-state index is -0.161. The average Bonchev–Trinajstić information content (AvgIpc) is 3.50. The molecule has 0 radical (unpaired) electrons. The molecule has 7 heteroatoms. The number of hydrogen-bond donors (Lipinski definition) is 1. The standard InChI is InChI=1S/C44H41N3O3S/c1-3-49-40-24-31(18-19-39(40)50-28-30-16-14-29(2)15-17-30)25-41-43(48)46-44(51-41)45-34-26-37-35(32-10-6-4-7-11-32)20-22-47-23-21-36(38(27-34)42(37)47)33-12-8-5-9-13-33/h4-19,24-27,35-36H,3,20-23,28H2,1-2H3,(H,45,46,48)/b41-25-/t35-,36-/m0/s1. The number of anilines is 1. The minimum absolute atomic E-state index is 0.161. The van der Waals surface area contributed by atoms with E-state index in [1.807, 2.05) is 31.2 Å². The second kappa shape index (κ2) is 14.5. The number of rotatable bonds is 9. The highest BCUT2D eigenvalue weighted by atomic mass is 32.2.